The third kappa shape index (κ3) is 1.95. The van der Waals surface area contributed by atoms with Gasteiger partial charge in [0, 0.05) is 13.6 Å². The molecule has 0 spiro atoms. The lowest BCUT2D eigenvalue weighted by Crippen LogP contribution is -2.35. The fourth-order valence-corrected chi connectivity index (χ4v) is 2.06. The maximum absolute atomic E-state index is 9.16. The molecule has 1 N–H and O–H groups in total. The predicted octanol–water partition coefficient (Wildman–Crippen LogP) is 0.00168. The molecule has 1 aliphatic rings. The van der Waals surface area contributed by atoms with Crippen molar-refractivity contribution in [2.45, 2.75) is 13.1 Å². The number of hydrogen-bond donors (Lipinski definition) is 1. The first-order valence-electron chi connectivity index (χ1n) is 5.88. The predicted molar refractivity (Wildman–Crippen MR) is 67.4 cm³/mol. The van der Waals surface area contributed by atoms with E-state index < -0.39 is 0 Å². The number of aromatic nitrogens is 5. The average Bonchev–Trinajstić information content (AvgIpc) is 2.93. The van der Waals surface area contributed by atoms with Gasteiger partial charge in [0.05, 0.1) is 19.3 Å². The second kappa shape index (κ2) is 4.53. The zero-order chi connectivity index (χ0) is 13.2. The molecule has 0 saturated carbocycles. The molecule has 0 atom stereocenters. The van der Waals surface area contributed by atoms with Gasteiger partial charge in [-0.1, -0.05) is 0 Å². The Morgan fingerprint density at radius 1 is 1.37 bits per heavy atom. The highest BCUT2D eigenvalue weighted by molar-refractivity contribution is 5.55. The Morgan fingerprint density at radius 3 is 3.05 bits per heavy atom. The summed E-state index contributed by atoms with van der Waals surface area (Å²) in [4.78, 5) is 14.6. The van der Waals surface area contributed by atoms with Gasteiger partial charge in [0.1, 0.15) is 23.8 Å². The molecule has 0 bridgehead atoms. The summed E-state index contributed by atoms with van der Waals surface area (Å²) >= 11 is 0. The molecule has 3 rings (SSSR count). The minimum Gasteiger partial charge on any atom is -0.357 e. The van der Waals surface area contributed by atoms with Crippen molar-refractivity contribution in [3.63, 3.8) is 0 Å². The Bertz CT molecular complexity index is 640. The third-order valence-corrected chi connectivity index (χ3v) is 3.02. The van der Waals surface area contributed by atoms with Crippen LogP contribution in [-0.2, 0) is 13.1 Å². The standard InChI is InChI=1S/C11H12N8/c1-13-11-14-5-8(4-12)10(17-11)18-2-3-19-9(6-18)15-7-16-19/h5,7H,2-3,6H2,1H3,(H,13,14,17). The van der Waals surface area contributed by atoms with Gasteiger partial charge in [0.2, 0.25) is 5.95 Å². The van der Waals surface area contributed by atoms with Crippen molar-refractivity contribution in [3.05, 3.63) is 23.9 Å². The molecule has 0 saturated heterocycles. The van der Waals surface area contributed by atoms with E-state index in [2.05, 4.69) is 31.4 Å². The first-order valence-corrected chi connectivity index (χ1v) is 5.88. The Hall–Kier alpha value is -2.69. The van der Waals surface area contributed by atoms with E-state index in [4.69, 9.17) is 5.26 Å². The molecule has 0 unspecified atom stereocenters. The van der Waals surface area contributed by atoms with Gasteiger partial charge in [0.25, 0.3) is 0 Å². The molecular weight excluding hydrogens is 244 g/mol. The van der Waals surface area contributed by atoms with Gasteiger partial charge in [-0.2, -0.15) is 15.3 Å². The largest absolute Gasteiger partial charge is 0.357 e. The number of nitrogens with one attached hydrogen (secondary N) is 1. The van der Waals surface area contributed by atoms with E-state index in [-0.39, 0.29) is 0 Å². The van der Waals surface area contributed by atoms with Gasteiger partial charge >= 0.3 is 0 Å². The highest BCUT2D eigenvalue weighted by Gasteiger charge is 2.21. The van der Waals surface area contributed by atoms with Gasteiger partial charge in [-0.25, -0.2) is 14.6 Å². The lowest BCUT2D eigenvalue weighted by atomic mass is 10.2. The molecule has 3 heterocycles. The number of hydrogen-bond acceptors (Lipinski definition) is 7. The van der Waals surface area contributed by atoms with Crippen molar-refractivity contribution in [2.24, 2.45) is 0 Å². The molecule has 8 nitrogen and oxygen atoms in total. The molecule has 0 fully saturated rings. The summed E-state index contributed by atoms with van der Waals surface area (Å²) in [5.74, 6) is 2.01. The summed E-state index contributed by atoms with van der Waals surface area (Å²) < 4.78 is 1.86. The SMILES string of the molecule is CNc1ncc(C#N)c(N2CCn3ncnc3C2)n1. The molecule has 96 valence electrons. The molecule has 0 radical (unpaired) electrons. The lowest BCUT2D eigenvalue weighted by molar-refractivity contribution is 0.509. The van der Waals surface area contributed by atoms with Crippen LogP contribution in [0.2, 0.25) is 0 Å². The minimum atomic E-state index is 0.465. The highest BCUT2D eigenvalue weighted by Crippen LogP contribution is 2.22. The fraction of sp³-hybridized carbons (Fsp3) is 0.364. The van der Waals surface area contributed by atoms with Crippen molar-refractivity contribution in [1.29, 1.82) is 5.26 Å². The third-order valence-electron chi connectivity index (χ3n) is 3.02. The van der Waals surface area contributed by atoms with E-state index in [0.717, 1.165) is 18.9 Å². The van der Waals surface area contributed by atoms with Crippen molar-refractivity contribution in [2.75, 3.05) is 23.8 Å². The Labute approximate surface area is 109 Å². The number of nitrogens with zero attached hydrogens (tertiary/aromatic N) is 7. The van der Waals surface area contributed by atoms with Gasteiger partial charge in [-0.15, -0.1) is 0 Å². The van der Waals surface area contributed by atoms with Crippen LogP contribution in [0.25, 0.3) is 0 Å². The summed E-state index contributed by atoms with van der Waals surface area (Å²) in [5, 5.41) is 16.2. The van der Waals surface area contributed by atoms with Crippen molar-refractivity contribution >= 4 is 11.8 Å². The van der Waals surface area contributed by atoms with Crippen LogP contribution in [0.1, 0.15) is 11.4 Å². The Kier molecular flexibility index (Phi) is 2.72. The second-order valence-electron chi connectivity index (χ2n) is 4.11. The molecule has 2 aromatic heterocycles. The van der Waals surface area contributed by atoms with E-state index in [9.17, 15) is 0 Å². The van der Waals surface area contributed by atoms with E-state index in [1.807, 2.05) is 9.58 Å². The van der Waals surface area contributed by atoms with Crippen LogP contribution in [-0.4, -0.2) is 38.3 Å². The maximum atomic E-state index is 9.16. The first-order chi connectivity index (χ1) is 9.31. The zero-order valence-corrected chi connectivity index (χ0v) is 10.4. The summed E-state index contributed by atoms with van der Waals surface area (Å²) in [7, 11) is 1.75. The summed E-state index contributed by atoms with van der Waals surface area (Å²) in [6.07, 6.45) is 3.08. The maximum Gasteiger partial charge on any atom is 0.224 e. The summed E-state index contributed by atoms with van der Waals surface area (Å²) in [6.45, 7) is 2.07. The van der Waals surface area contributed by atoms with Crippen molar-refractivity contribution in [3.8, 4) is 6.07 Å². The lowest BCUT2D eigenvalue weighted by Gasteiger charge is -2.28. The smallest absolute Gasteiger partial charge is 0.224 e. The molecular formula is C11H12N8. The zero-order valence-electron chi connectivity index (χ0n) is 10.4. The highest BCUT2D eigenvalue weighted by atomic mass is 15.4. The number of nitriles is 1. The topological polar surface area (TPSA) is 95.6 Å². The number of anilines is 2. The van der Waals surface area contributed by atoms with E-state index in [0.29, 0.717) is 23.9 Å². The Balaban J connectivity index is 1.97. The summed E-state index contributed by atoms with van der Waals surface area (Å²) in [5.41, 5.74) is 0.465. The molecule has 2 aromatic rings. The molecule has 1 aliphatic heterocycles. The van der Waals surface area contributed by atoms with Crippen LogP contribution in [0.3, 0.4) is 0 Å². The normalized spacial score (nSPS) is 13.8. The van der Waals surface area contributed by atoms with Gasteiger partial charge in [0.15, 0.2) is 5.82 Å². The minimum absolute atomic E-state index is 0.465. The van der Waals surface area contributed by atoms with E-state index >= 15 is 0 Å². The fourth-order valence-electron chi connectivity index (χ4n) is 2.06. The van der Waals surface area contributed by atoms with E-state index in [1.54, 1.807) is 13.4 Å². The molecule has 0 amide bonds. The van der Waals surface area contributed by atoms with Gasteiger partial charge in [-0.05, 0) is 0 Å². The van der Waals surface area contributed by atoms with Crippen molar-refractivity contribution in [1.82, 2.24) is 24.7 Å². The van der Waals surface area contributed by atoms with Crippen LogP contribution in [0, 0.1) is 11.3 Å². The van der Waals surface area contributed by atoms with Crippen molar-refractivity contribution < 1.29 is 0 Å². The average molecular weight is 256 g/mol. The second-order valence-corrected chi connectivity index (χ2v) is 4.11. The van der Waals surface area contributed by atoms with Crippen LogP contribution in [0.5, 0.6) is 0 Å². The monoisotopic (exact) mass is 256 g/mol. The van der Waals surface area contributed by atoms with Crippen LogP contribution < -0.4 is 10.2 Å². The number of fused-ring (bicyclic) bond motifs is 1. The van der Waals surface area contributed by atoms with Gasteiger partial charge < -0.3 is 10.2 Å². The van der Waals surface area contributed by atoms with E-state index in [1.165, 1.54) is 6.20 Å². The van der Waals surface area contributed by atoms with Crippen LogP contribution in [0.15, 0.2) is 12.5 Å². The van der Waals surface area contributed by atoms with Gasteiger partial charge in [-0.3, -0.25) is 0 Å². The molecule has 8 heteroatoms. The molecule has 19 heavy (non-hydrogen) atoms. The quantitative estimate of drug-likeness (QED) is 0.808. The molecule has 0 aromatic carbocycles. The molecule has 0 aliphatic carbocycles. The van der Waals surface area contributed by atoms with Crippen LogP contribution >= 0.6 is 0 Å². The van der Waals surface area contributed by atoms with Crippen LogP contribution in [0.4, 0.5) is 11.8 Å². The Morgan fingerprint density at radius 2 is 2.26 bits per heavy atom. The number of rotatable bonds is 2. The summed E-state index contributed by atoms with van der Waals surface area (Å²) in [6, 6.07) is 2.12. The first kappa shape index (κ1) is 11.4.